The van der Waals surface area contributed by atoms with Crippen LogP contribution in [0.1, 0.15) is 28.4 Å². The number of rotatable bonds is 8. The molecule has 0 aromatic heterocycles. The summed E-state index contributed by atoms with van der Waals surface area (Å²) >= 11 is 0. The molecule has 0 spiro atoms. The van der Waals surface area contributed by atoms with E-state index in [1.54, 1.807) is 66.7 Å². The van der Waals surface area contributed by atoms with Crippen molar-refractivity contribution in [2.45, 2.75) is 6.92 Å². The number of hydrogen-bond donors (Lipinski definition) is 0. The summed E-state index contributed by atoms with van der Waals surface area (Å²) in [5, 5.41) is 0. The first-order valence-corrected chi connectivity index (χ1v) is 10.8. The second-order valence-corrected chi connectivity index (χ2v) is 7.30. The molecule has 178 valence electrons. The number of nitrogens with zero attached hydrogens (tertiary/aromatic N) is 1. The average molecular weight is 473 g/mol. The number of cyclic esters (lactones) is 1. The molecule has 4 rings (SSSR count). The van der Waals surface area contributed by atoms with Crippen LogP contribution in [0.3, 0.4) is 0 Å². The summed E-state index contributed by atoms with van der Waals surface area (Å²) in [5.74, 6) is 0.697. The minimum Gasteiger partial charge on any atom is -0.497 e. The van der Waals surface area contributed by atoms with E-state index in [0.29, 0.717) is 40.5 Å². The fourth-order valence-electron chi connectivity index (χ4n) is 3.38. The standard InChI is InChI=1S/C27H23NO7/c1-4-33-24-15-17(12-13-23(24)34-26(29)18-8-7-9-19(16-18)31-2)14-21-27(30)35-25(28-21)20-10-5-6-11-22(20)32-3/h5-16H,4H2,1-3H3. The molecule has 0 bridgehead atoms. The second kappa shape index (κ2) is 10.6. The Kier molecular flexibility index (Phi) is 7.11. The van der Waals surface area contributed by atoms with Crippen molar-refractivity contribution in [3.05, 3.63) is 89.1 Å². The Balaban J connectivity index is 1.60. The highest BCUT2D eigenvalue weighted by Gasteiger charge is 2.26. The number of carbonyl (C=O) groups is 2. The maximum atomic E-state index is 12.6. The van der Waals surface area contributed by atoms with Gasteiger partial charge >= 0.3 is 11.9 Å². The van der Waals surface area contributed by atoms with Crippen molar-refractivity contribution < 1.29 is 33.3 Å². The number of aliphatic imine (C=N–C) groups is 1. The Morgan fingerprint density at radius 2 is 1.77 bits per heavy atom. The van der Waals surface area contributed by atoms with Crippen LogP contribution in [-0.4, -0.2) is 38.7 Å². The Labute approximate surface area is 202 Å². The maximum Gasteiger partial charge on any atom is 0.363 e. The van der Waals surface area contributed by atoms with Crippen molar-refractivity contribution >= 4 is 23.9 Å². The van der Waals surface area contributed by atoms with E-state index in [0.717, 1.165) is 0 Å². The van der Waals surface area contributed by atoms with Crippen LogP contribution < -0.4 is 18.9 Å². The van der Waals surface area contributed by atoms with E-state index in [1.807, 2.05) is 13.0 Å². The predicted octanol–water partition coefficient (Wildman–Crippen LogP) is 4.67. The van der Waals surface area contributed by atoms with Crippen LogP contribution in [0.15, 0.2) is 77.4 Å². The number of benzene rings is 3. The van der Waals surface area contributed by atoms with Crippen LogP contribution >= 0.6 is 0 Å². The highest BCUT2D eigenvalue weighted by Crippen LogP contribution is 2.31. The van der Waals surface area contributed by atoms with Crippen molar-refractivity contribution in [1.29, 1.82) is 0 Å². The first kappa shape index (κ1) is 23.6. The third kappa shape index (κ3) is 5.33. The molecular formula is C27H23NO7. The van der Waals surface area contributed by atoms with Gasteiger partial charge in [-0.3, -0.25) is 0 Å². The van der Waals surface area contributed by atoms with Crippen LogP contribution in [0.2, 0.25) is 0 Å². The third-order valence-electron chi connectivity index (χ3n) is 5.04. The smallest absolute Gasteiger partial charge is 0.363 e. The van der Waals surface area contributed by atoms with E-state index in [-0.39, 0.29) is 17.3 Å². The fourth-order valence-corrected chi connectivity index (χ4v) is 3.38. The number of carbonyl (C=O) groups excluding carboxylic acids is 2. The van der Waals surface area contributed by atoms with Gasteiger partial charge in [-0.15, -0.1) is 0 Å². The summed E-state index contributed by atoms with van der Waals surface area (Å²) in [7, 11) is 3.05. The normalized spacial score (nSPS) is 13.7. The van der Waals surface area contributed by atoms with Gasteiger partial charge in [0.05, 0.1) is 32.0 Å². The van der Waals surface area contributed by atoms with Crippen molar-refractivity contribution in [2.75, 3.05) is 20.8 Å². The van der Waals surface area contributed by atoms with Crippen LogP contribution in [0, 0.1) is 0 Å². The van der Waals surface area contributed by atoms with E-state index >= 15 is 0 Å². The second-order valence-electron chi connectivity index (χ2n) is 7.30. The van der Waals surface area contributed by atoms with E-state index in [2.05, 4.69) is 4.99 Å². The molecule has 3 aromatic rings. The van der Waals surface area contributed by atoms with Gasteiger partial charge in [0.2, 0.25) is 5.90 Å². The average Bonchev–Trinajstić information content (AvgIpc) is 3.25. The molecule has 8 heteroatoms. The monoisotopic (exact) mass is 473 g/mol. The molecule has 0 amide bonds. The maximum absolute atomic E-state index is 12.6. The zero-order valence-electron chi connectivity index (χ0n) is 19.4. The molecule has 1 aliphatic heterocycles. The molecule has 0 saturated carbocycles. The molecule has 0 saturated heterocycles. The first-order chi connectivity index (χ1) is 17.0. The first-order valence-electron chi connectivity index (χ1n) is 10.8. The zero-order chi connectivity index (χ0) is 24.8. The van der Waals surface area contributed by atoms with Gasteiger partial charge in [-0.05, 0) is 61.0 Å². The summed E-state index contributed by atoms with van der Waals surface area (Å²) in [6, 6.07) is 18.7. The molecule has 0 atom stereocenters. The molecule has 0 unspecified atom stereocenters. The summed E-state index contributed by atoms with van der Waals surface area (Å²) in [6.45, 7) is 2.17. The quantitative estimate of drug-likeness (QED) is 0.267. The molecule has 0 N–H and O–H groups in total. The van der Waals surface area contributed by atoms with E-state index in [9.17, 15) is 9.59 Å². The highest BCUT2D eigenvalue weighted by molar-refractivity contribution is 6.13. The molecule has 1 heterocycles. The number of methoxy groups -OCH3 is 2. The molecule has 35 heavy (non-hydrogen) atoms. The van der Waals surface area contributed by atoms with Gasteiger partial charge < -0.3 is 23.7 Å². The zero-order valence-corrected chi connectivity index (χ0v) is 19.4. The topological polar surface area (TPSA) is 92.6 Å². The van der Waals surface area contributed by atoms with Gasteiger partial charge in [-0.1, -0.05) is 24.3 Å². The SMILES string of the molecule is CCOc1cc(C=C2N=C(c3ccccc3OC)OC2=O)ccc1OC(=O)c1cccc(OC)c1. The van der Waals surface area contributed by atoms with Gasteiger partial charge in [0, 0.05) is 0 Å². The molecule has 1 aliphatic rings. The van der Waals surface area contributed by atoms with Crippen molar-refractivity contribution in [3.63, 3.8) is 0 Å². The fraction of sp³-hybridized carbons (Fsp3) is 0.148. The van der Waals surface area contributed by atoms with Gasteiger partial charge in [0.25, 0.3) is 0 Å². The number of para-hydroxylation sites is 1. The Hall–Kier alpha value is -4.59. The predicted molar refractivity (Wildman–Crippen MR) is 129 cm³/mol. The van der Waals surface area contributed by atoms with Crippen LogP contribution in [0.5, 0.6) is 23.0 Å². The largest absolute Gasteiger partial charge is 0.497 e. The number of ether oxygens (including phenoxy) is 5. The molecule has 0 aliphatic carbocycles. The molecule has 0 fully saturated rings. The molecule has 0 radical (unpaired) electrons. The summed E-state index contributed by atoms with van der Waals surface area (Å²) in [6.07, 6.45) is 1.57. The Bertz CT molecular complexity index is 1330. The van der Waals surface area contributed by atoms with E-state index in [1.165, 1.54) is 14.2 Å². The lowest BCUT2D eigenvalue weighted by Crippen LogP contribution is -2.10. The number of hydrogen-bond acceptors (Lipinski definition) is 8. The van der Waals surface area contributed by atoms with Crippen molar-refractivity contribution in [3.8, 4) is 23.0 Å². The van der Waals surface area contributed by atoms with Crippen LogP contribution in [-0.2, 0) is 9.53 Å². The van der Waals surface area contributed by atoms with Crippen molar-refractivity contribution in [2.24, 2.45) is 4.99 Å². The lowest BCUT2D eigenvalue weighted by atomic mass is 10.1. The van der Waals surface area contributed by atoms with Gasteiger partial charge in [0.1, 0.15) is 11.5 Å². The van der Waals surface area contributed by atoms with Crippen LogP contribution in [0.25, 0.3) is 6.08 Å². The minimum atomic E-state index is -0.586. The van der Waals surface area contributed by atoms with Crippen LogP contribution in [0.4, 0.5) is 0 Å². The lowest BCUT2D eigenvalue weighted by molar-refractivity contribution is -0.129. The molecule has 8 nitrogen and oxygen atoms in total. The van der Waals surface area contributed by atoms with E-state index < -0.39 is 11.9 Å². The van der Waals surface area contributed by atoms with Gasteiger partial charge in [-0.25, -0.2) is 14.6 Å². The highest BCUT2D eigenvalue weighted by atomic mass is 16.6. The summed E-state index contributed by atoms with van der Waals surface area (Å²) < 4.78 is 27.1. The van der Waals surface area contributed by atoms with E-state index in [4.69, 9.17) is 23.7 Å². The molecular weight excluding hydrogens is 450 g/mol. The summed E-state index contributed by atoms with van der Waals surface area (Å²) in [4.78, 5) is 29.4. The van der Waals surface area contributed by atoms with Gasteiger partial charge in [0.15, 0.2) is 17.2 Å². The molecule has 3 aromatic carbocycles. The van der Waals surface area contributed by atoms with Crippen molar-refractivity contribution in [1.82, 2.24) is 0 Å². The Morgan fingerprint density at radius 1 is 0.943 bits per heavy atom. The summed E-state index contributed by atoms with van der Waals surface area (Å²) in [5.41, 5.74) is 1.65. The number of esters is 2. The lowest BCUT2D eigenvalue weighted by Gasteiger charge is -2.12. The Morgan fingerprint density at radius 3 is 2.54 bits per heavy atom. The minimum absolute atomic E-state index is 0.120. The van der Waals surface area contributed by atoms with Gasteiger partial charge in [-0.2, -0.15) is 0 Å². The third-order valence-corrected chi connectivity index (χ3v) is 5.04.